The molecule has 0 spiro atoms. The van der Waals surface area contributed by atoms with Gasteiger partial charge in [-0.3, -0.25) is 14.3 Å². The van der Waals surface area contributed by atoms with Crippen molar-refractivity contribution in [2.45, 2.75) is 39.5 Å². The fourth-order valence-corrected chi connectivity index (χ4v) is 3.59. The molecule has 0 unspecified atom stereocenters. The lowest BCUT2D eigenvalue weighted by atomic mass is 9.86. The Morgan fingerprint density at radius 2 is 1.89 bits per heavy atom. The summed E-state index contributed by atoms with van der Waals surface area (Å²) in [5.41, 5.74) is 0.660. The molecule has 1 heterocycles. The summed E-state index contributed by atoms with van der Waals surface area (Å²) in [6.07, 6.45) is -1.12. The Morgan fingerprint density at radius 1 is 1.20 bits per heavy atom. The molecule has 3 aromatic rings. The normalized spacial score (nSPS) is 13.2. The first kappa shape index (κ1) is 25.8. The summed E-state index contributed by atoms with van der Waals surface area (Å²) in [7, 11) is 0. The molecule has 0 fully saturated rings. The second-order valence-electron chi connectivity index (χ2n) is 9.31. The van der Waals surface area contributed by atoms with Crippen LogP contribution in [-0.2, 0) is 11.3 Å². The van der Waals surface area contributed by atoms with Crippen molar-refractivity contribution in [3.05, 3.63) is 65.1 Å². The third kappa shape index (κ3) is 6.01. The third-order valence-corrected chi connectivity index (χ3v) is 5.48. The van der Waals surface area contributed by atoms with Crippen molar-refractivity contribution in [1.82, 2.24) is 20.4 Å². The minimum absolute atomic E-state index is 0.0365. The van der Waals surface area contributed by atoms with Gasteiger partial charge in [-0.1, -0.05) is 45.0 Å². The zero-order valence-electron chi connectivity index (χ0n) is 19.7. The lowest BCUT2D eigenvalue weighted by Gasteiger charge is -2.30. The van der Waals surface area contributed by atoms with Crippen LogP contribution in [0.3, 0.4) is 0 Å². The zero-order chi connectivity index (χ0) is 25.8. The average molecular weight is 482 g/mol. The number of para-hydroxylation sites is 1. The van der Waals surface area contributed by atoms with Crippen LogP contribution < -0.4 is 10.6 Å². The van der Waals surface area contributed by atoms with Crippen LogP contribution >= 0.6 is 0 Å². The number of rotatable bonds is 8. The van der Waals surface area contributed by atoms with Crippen LogP contribution in [0.5, 0.6) is 0 Å². The first-order chi connectivity index (χ1) is 16.5. The van der Waals surface area contributed by atoms with E-state index in [9.17, 15) is 19.1 Å². The SMILES string of the molecule is CC(C)(C)[C@H](NC(=O)c1nn(Cc2ccc(C#N)cc2)c2c(F)cccc12)C(=O)NC[C@H](O)CO. The topological polar surface area (TPSA) is 140 Å². The zero-order valence-corrected chi connectivity index (χ0v) is 19.7. The Hall–Kier alpha value is -3.81. The number of nitrogens with zero attached hydrogens (tertiary/aromatic N) is 3. The quantitative estimate of drug-likeness (QED) is 0.386. The van der Waals surface area contributed by atoms with Gasteiger partial charge in [-0.25, -0.2) is 4.39 Å². The van der Waals surface area contributed by atoms with Crippen molar-refractivity contribution >= 4 is 22.7 Å². The van der Waals surface area contributed by atoms with Gasteiger partial charge in [0.2, 0.25) is 5.91 Å². The van der Waals surface area contributed by atoms with E-state index in [4.69, 9.17) is 10.4 Å². The molecule has 1 aromatic heterocycles. The smallest absolute Gasteiger partial charge is 0.273 e. The molecule has 0 radical (unpaired) electrons. The predicted molar refractivity (Wildman–Crippen MR) is 127 cm³/mol. The number of carbonyl (C=O) groups is 2. The number of aromatic nitrogens is 2. The molecule has 0 aliphatic rings. The molecule has 2 aromatic carbocycles. The maximum Gasteiger partial charge on any atom is 0.273 e. The van der Waals surface area contributed by atoms with Crippen LogP contribution in [0.1, 0.15) is 42.4 Å². The Balaban J connectivity index is 1.92. The van der Waals surface area contributed by atoms with Crippen LogP contribution in [-0.4, -0.2) is 57.1 Å². The Labute approximate surface area is 202 Å². The van der Waals surface area contributed by atoms with E-state index in [1.807, 2.05) is 6.07 Å². The molecule has 9 nitrogen and oxygen atoms in total. The van der Waals surface area contributed by atoms with Gasteiger partial charge in [0.15, 0.2) is 5.69 Å². The number of hydrogen-bond acceptors (Lipinski definition) is 6. The summed E-state index contributed by atoms with van der Waals surface area (Å²) in [5.74, 6) is -1.74. The molecular formula is C25H28FN5O4. The minimum atomic E-state index is -1.12. The highest BCUT2D eigenvalue weighted by Crippen LogP contribution is 2.25. The highest BCUT2D eigenvalue weighted by atomic mass is 19.1. The predicted octanol–water partition coefficient (Wildman–Crippen LogP) is 1.71. The first-order valence-electron chi connectivity index (χ1n) is 11.1. The van der Waals surface area contributed by atoms with Gasteiger partial charge < -0.3 is 20.8 Å². The molecule has 4 N–H and O–H groups in total. The monoisotopic (exact) mass is 481 g/mol. The maximum absolute atomic E-state index is 14.8. The average Bonchev–Trinajstić information content (AvgIpc) is 3.20. The molecule has 0 bridgehead atoms. The Morgan fingerprint density at radius 3 is 2.49 bits per heavy atom. The number of hydrogen-bond donors (Lipinski definition) is 4. The number of fused-ring (bicyclic) bond motifs is 1. The van der Waals surface area contributed by atoms with Crippen LogP contribution in [0.2, 0.25) is 0 Å². The van der Waals surface area contributed by atoms with E-state index in [1.165, 1.54) is 16.8 Å². The van der Waals surface area contributed by atoms with E-state index < -0.39 is 41.8 Å². The molecule has 10 heteroatoms. The molecule has 0 saturated carbocycles. The van der Waals surface area contributed by atoms with Crippen LogP contribution in [0.25, 0.3) is 10.9 Å². The first-order valence-corrected chi connectivity index (χ1v) is 11.1. The van der Waals surface area contributed by atoms with Gasteiger partial charge in [-0.05, 0) is 29.2 Å². The van der Waals surface area contributed by atoms with Gasteiger partial charge >= 0.3 is 0 Å². The minimum Gasteiger partial charge on any atom is -0.394 e. The van der Waals surface area contributed by atoms with Gasteiger partial charge in [0.1, 0.15) is 17.4 Å². The second-order valence-corrected chi connectivity index (χ2v) is 9.31. The van der Waals surface area contributed by atoms with E-state index in [1.54, 1.807) is 51.1 Å². The summed E-state index contributed by atoms with van der Waals surface area (Å²) in [5, 5.41) is 37.4. The number of nitriles is 1. The highest BCUT2D eigenvalue weighted by Gasteiger charge is 2.34. The number of benzene rings is 2. The number of aliphatic hydroxyl groups excluding tert-OH is 2. The van der Waals surface area contributed by atoms with Gasteiger partial charge in [0.05, 0.1) is 30.9 Å². The van der Waals surface area contributed by atoms with Crippen molar-refractivity contribution in [2.24, 2.45) is 5.41 Å². The summed E-state index contributed by atoms with van der Waals surface area (Å²) < 4.78 is 16.2. The van der Waals surface area contributed by atoms with Crippen LogP contribution in [0.4, 0.5) is 4.39 Å². The molecule has 2 atom stereocenters. The number of carbonyl (C=O) groups excluding carboxylic acids is 2. The van der Waals surface area contributed by atoms with Crippen LogP contribution in [0, 0.1) is 22.6 Å². The number of aliphatic hydroxyl groups is 2. The fraction of sp³-hybridized carbons (Fsp3) is 0.360. The van der Waals surface area contributed by atoms with Gasteiger partial charge in [-0.15, -0.1) is 0 Å². The van der Waals surface area contributed by atoms with Crippen molar-refractivity contribution in [3.63, 3.8) is 0 Å². The van der Waals surface area contributed by atoms with Crippen molar-refractivity contribution in [3.8, 4) is 6.07 Å². The Kier molecular flexibility index (Phi) is 7.84. The van der Waals surface area contributed by atoms with Gasteiger partial charge in [-0.2, -0.15) is 10.4 Å². The highest BCUT2D eigenvalue weighted by molar-refractivity contribution is 6.06. The maximum atomic E-state index is 14.8. The van der Waals surface area contributed by atoms with E-state index in [0.717, 1.165) is 5.56 Å². The molecule has 184 valence electrons. The Bertz CT molecular complexity index is 1260. The van der Waals surface area contributed by atoms with Gasteiger partial charge in [0.25, 0.3) is 5.91 Å². The third-order valence-electron chi connectivity index (χ3n) is 5.48. The lowest BCUT2D eigenvalue weighted by molar-refractivity contribution is -0.125. The number of nitrogens with one attached hydrogen (secondary N) is 2. The van der Waals surface area contributed by atoms with E-state index >= 15 is 0 Å². The van der Waals surface area contributed by atoms with Crippen LogP contribution in [0.15, 0.2) is 42.5 Å². The number of amides is 2. The lowest BCUT2D eigenvalue weighted by Crippen LogP contribution is -2.54. The van der Waals surface area contributed by atoms with Crippen molar-refractivity contribution in [1.29, 1.82) is 5.26 Å². The molecule has 2 amide bonds. The molecule has 35 heavy (non-hydrogen) atoms. The number of halogens is 1. The van der Waals surface area contributed by atoms with E-state index in [-0.39, 0.29) is 24.3 Å². The second kappa shape index (κ2) is 10.6. The van der Waals surface area contributed by atoms with Crippen molar-refractivity contribution < 1.29 is 24.2 Å². The largest absolute Gasteiger partial charge is 0.394 e. The molecule has 0 saturated heterocycles. The van der Waals surface area contributed by atoms with E-state index in [0.29, 0.717) is 10.9 Å². The molecule has 0 aliphatic heterocycles. The fourth-order valence-electron chi connectivity index (χ4n) is 3.59. The summed E-state index contributed by atoms with van der Waals surface area (Å²) in [6.45, 7) is 4.77. The molecule has 0 aliphatic carbocycles. The summed E-state index contributed by atoms with van der Waals surface area (Å²) in [6, 6.07) is 12.1. The van der Waals surface area contributed by atoms with E-state index in [2.05, 4.69) is 15.7 Å². The summed E-state index contributed by atoms with van der Waals surface area (Å²) in [4.78, 5) is 26.0. The molecular weight excluding hydrogens is 453 g/mol. The standard InChI is InChI=1S/C25H28FN5O4/c1-25(2,3)22(24(35)28-12-17(33)14-32)29-23(34)20-18-5-4-6-19(26)21(18)31(30-20)13-16-9-7-15(11-27)8-10-16/h4-10,17,22,32-33H,12-14H2,1-3H3,(H,28,35)(H,29,34)/t17-,22+/m0/s1. The molecule has 3 rings (SSSR count). The van der Waals surface area contributed by atoms with Crippen molar-refractivity contribution in [2.75, 3.05) is 13.2 Å². The van der Waals surface area contributed by atoms with Gasteiger partial charge in [0, 0.05) is 11.9 Å². The summed E-state index contributed by atoms with van der Waals surface area (Å²) >= 11 is 0.